The third kappa shape index (κ3) is 2.27. The molecule has 1 unspecified atom stereocenters. The molecule has 1 rings (SSSR count). The molecule has 1 fully saturated rings. The molecule has 0 radical (unpaired) electrons. The Morgan fingerprint density at radius 3 is 2.82 bits per heavy atom. The monoisotopic (exact) mass is 156 g/mol. The number of aldehydes is 1. The number of carbonyl (C=O) groups excluding carboxylic acids is 1. The maximum Gasteiger partial charge on any atom is 0.125 e. The molecule has 64 valence electrons. The minimum absolute atomic E-state index is 0.216. The van der Waals surface area contributed by atoms with Crippen molar-refractivity contribution in [1.29, 1.82) is 0 Å². The van der Waals surface area contributed by atoms with Gasteiger partial charge in [-0.05, 0) is 13.6 Å². The minimum atomic E-state index is 0.216. The Hall–Kier alpha value is -0.410. The molecule has 0 bridgehead atoms. The van der Waals surface area contributed by atoms with Crippen LogP contribution in [0.2, 0.25) is 0 Å². The van der Waals surface area contributed by atoms with E-state index >= 15 is 0 Å². The predicted molar refractivity (Wildman–Crippen MR) is 44.3 cm³/mol. The summed E-state index contributed by atoms with van der Waals surface area (Å²) >= 11 is 0. The van der Waals surface area contributed by atoms with Crippen molar-refractivity contribution < 1.29 is 4.79 Å². The van der Waals surface area contributed by atoms with E-state index in [2.05, 4.69) is 23.8 Å². The molecule has 1 atom stereocenters. The Kier molecular flexibility index (Phi) is 3.02. The number of nitrogens with zero attached hydrogens (tertiary/aromatic N) is 2. The van der Waals surface area contributed by atoms with Crippen LogP contribution >= 0.6 is 0 Å². The lowest BCUT2D eigenvalue weighted by Gasteiger charge is -2.35. The second-order valence-corrected chi connectivity index (χ2v) is 3.25. The molecule has 0 saturated carbocycles. The van der Waals surface area contributed by atoms with Crippen LogP contribution in [0.4, 0.5) is 0 Å². The molecule has 0 aromatic rings. The average Bonchev–Trinajstić information content (AvgIpc) is 2.03. The van der Waals surface area contributed by atoms with Gasteiger partial charge in [0.25, 0.3) is 0 Å². The maximum atomic E-state index is 10.5. The molecule has 0 aromatic carbocycles. The van der Waals surface area contributed by atoms with Gasteiger partial charge in [-0.2, -0.15) is 0 Å². The van der Waals surface area contributed by atoms with Crippen LogP contribution in [0.15, 0.2) is 0 Å². The summed E-state index contributed by atoms with van der Waals surface area (Å²) in [6, 6.07) is 0. The second-order valence-electron chi connectivity index (χ2n) is 3.25. The van der Waals surface area contributed by atoms with Crippen molar-refractivity contribution in [2.24, 2.45) is 5.92 Å². The summed E-state index contributed by atoms with van der Waals surface area (Å²) in [5, 5.41) is 0. The molecule has 1 aliphatic rings. The van der Waals surface area contributed by atoms with Gasteiger partial charge in [0.2, 0.25) is 0 Å². The lowest BCUT2D eigenvalue weighted by Crippen LogP contribution is -2.48. The molecule has 0 aliphatic carbocycles. The third-order valence-electron chi connectivity index (χ3n) is 2.12. The van der Waals surface area contributed by atoms with Crippen LogP contribution in [0.5, 0.6) is 0 Å². The Balaban J connectivity index is 2.43. The van der Waals surface area contributed by atoms with Crippen LogP contribution in [-0.2, 0) is 4.79 Å². The first kappa shape index (κ1) is 8.68. The first-order chi connectivity index (χ1) is 5.26. The molecule has 1 heterocycles. The van der Waals surface area contributed by atoms with Gasteiger partial charge in [-0.15, -0.1) is 0 Å². The fraction of sp³-hybridized carbons (Fsp3) is 0.875. The van der Waals surface area contributed by atoms with Crippen LogP contribution in [0.1, 0.15) is 6.92 Å². The number of hydrogen-bond donors (Lipinski definition) is 0. The largest absolute Gasteiger partial charge is 0.303 e. The number of rotatable bonds is 2. The smallest absolute Gasteiger partial charge is 0.125 e. The van der Waals surface area contributed by atoms with Crippen LogP contribution in [0.3, 0.4) is 0 Å². The Morgan fingerprint density at radius 2 is 2.27 bits per heavy atom. The lowest BCUT2D eigenvalue weighted by atomic mass is 10.1. The molecular formula is C8H16N2O. The molecule has 0 aromatic heterocycles. The normalized spacial score (nSPS) is 28.7. The summed E-state index contributed by atoms with van der Waals surface area (Å²) in [5.41, 5.74) is 0. The maximum absolute atomic E-state index is 10.5. The van der Waals surface area contributed by atoms with E-state index in [9.17, 15) is 4.79 Å². The summed E-state index contributed by atoms with van der Waals surface area (Å²) < 4.78 is 0. The van der Waals surface area contributed by atoms with E-state index in [0.29, 0.717) is 0 Å². The van der Waals surface area contributed by atoms with Crippen molar-refractivity contribution in [3.05, 3.63) is 0 Å². The van der Waals surface area contributed by atoms with Gasteiger partial charge in [0.15, 0.2) is 0 Å². The summed E-state index contributed by atoms with van der Waals surface area (Å²) in [5.74, 6) is 0.216. The van der Waals surface area contributed by atoms with Crippen LogP contribution in [0, 0.1) is 5.92 Å². The van der Waals surface area contributed by atoms with Gasteiger partial charge in [0.05, 0.1) is 6.67 Å². The molecular weight excluding hydrogens is 140 g/mol. The Bertz CT molecular complexity index is 138. The first-order valence-electron chi connectivity index (χ1n) is 4.12. The molecule has 1 saturated heterocycles. The fourth-order valence-electron chi connectivity index (χ4n) is 1.56. The summed E-state index contributed by atoms with van der Waals surface area (Å²) in [7, 11) is 2.05. The summed E-state index contributed by atoms with van der Waals surface area (Å²) in [6.07, 6.45) is 1.07. The molecule has 0 spiro atoms. The molecule has 3 nitrogen and oxygen atoms in total. The van der Waals surface area contributed by atoms with E-state index in [4.69, 9.17) is 0 Å². The van der Waals surface area contributed by atoms with Gasteiger partial charge in [-0.3, -0.25) is 9.80 Å². The Labute approximate surface area is 68.0 Å². The predicted octanol–water partition coefficient (Wildman–Crippen LogP) is 0.0263. The molecule has 11 heavy (non-hydrogen) atoms. The second kappa shape index (κ2) is 3.83. The lowest BCUT2D eigenvalue weighted by molar-refractivity contribution is -0.113. The van der Waals surface area contributed by atoms with Crippen molar-refractivity contribution in [1.82, 2.24) is 9.80 Å². The zero-order valence-electron chi connectivity index (χ0n) is 7.29. The van der Waals surface area contributed by atoms with Gasteiger partial charge in [0.1, 0.15) is 6.29 Å². The summed E-state index contributed by atoms with van der Waals surface area (Å²) in [6.45, 7) is 6.01. The highest BCUT2D eigenvalue weighted by atomic mass is 16.1. The van der Waals surface area contributed by atoms with E-state index in [1.165, 1.54) is 0 Å². The minimum Gasteiger partial charge on any atom is -0.303 e. The Morgan fingerprint density at radius 1 is 1.55 bits per heavy atom. The molecule has 1 aliphatic heterocycles. The topological polar surface area (TPSA) is 23.6 Å². The van der Waals surface area contributed by atoms with Gasteiger partial charge >= 0.3 is 0 Å². The van der Waals surface area contributed by atoms with Gasteiger partial charge < -0.3 is 4.79 Å². The number of carbonyl (C=O) groups is 1. The van der Waals surface area contributed by atoms with Crippen molar-refractivity contribution >= 4 is 6.29 Å². The quantitative estimate of drug-likeness (QED) is 0.527. The highest BCUT2D eigenvalue weighted by Crippen LogP contribution is 2.07. The highest BCUT2D eigenvalue weighted by Gasteiger charge is 2.20. The third-order valence-corrected chi connectivity index (χ3v) is 2.12. The molecule has 3 heteroatoms. The van der Waals surface area contributed by atoms with Crippen molar-refractivity contribution in [2.75, 3.05) is 33.4 Å². The van der Waals surface area contributed by atoms with E-state index < -0.39 is 0 Å². The van der Waals surface area contributed by atoms with Crippen molar-refractivity contribution in [3.63, 3.8) is 0 Å². The van der Waals surface area contributed by atoms with Crippen LogP contribution in [-0.4, -0.2) is 49.4 Å². The average molecular weight is 156 g/mol. The highest BCUT2D eigenvalue weighted by molar-refractivity contribution is 5.54. The zero-order chi connectivity index (χ0) is 8.27. The SMILES string of the molecule is CCN1CC(C=O)CN(C)C1. The van der Waals surface area contributed by atoms with Crippen LogP contribution < -0.4 is 0 Å². The molecule has 0 amide bonds. The zero-order valence-corrected chi connectivity index (χ0v) is 7.29. The van der Waals surface area contributed by atoms with Gasteiger partial charge in [-0.1, -0.05) is 6.92 Å². The molecule has 0 N–H and O–H groups in total. The van der Waals surface area contributed by atoms with E-state index in [0.717, 1.165) is 32.6 Å². The van der Waals surface area contributed by atoms with Gasteiger partial charge in [-0.25, -0.2) is 0 Å². The van der Waals surface area contributed by atoms with E-state index in [-0.39, 0.29) is 5.92 Å². The van der Waals surface area contributed by atoms with Crippen molar-refractivity contribution in [3.8, 4) is 0 Å². The van der Waals surface area contributed by atoms with Gasteiger partial charge in [0, 0.05) is 19.0 Å². The standard InChI is InChI=1S/C8H16N2O/c1-3-10-5-8(6-11)4-9(2)7-10/h6,8H,3-5,7H2,1-2H3. The van der Waals surface area contributed by atoms with Crippen molar-refractivity contribution in [2.45, 2.75) is 6.92 Å². The first-order valence-corrected chi connectivity index (χ1v) is 4.12. The van der Waals surface area contributed by atoms with Crippen LogP contribution in [0.25, 0.3) is 0 Å². The fourth-order valence-corrected chi connectivity index (χ4v) is 1.56. The summed E-state index contributed by atoms with van der Waals surface area (Å²) in [4.78, 5) is 15.0. The number of hydrogen-bond acceptors (Lipinski definition) is 3. The van der Waals surface area contributed by atoms with E-state index in [1.807, 2.05) is 0 Å². The van der Waals surface area contributed by atoms with E-state index in [1.54, 1.807) is 0 Å².